The summed E-state index contributed by atoms with van der Waals surface area (Å²) in [5.74, 6) is 1.71. The molecule has 0 aliphatic heterocycles. The fourth-order valence-electron chi connectivity index (χ4n) is 2.34. The largest absolute Gasteiger partial charge is 0.490 e. The van der Waals surface area contributed by atoms with Crippen LogP contribution in [-0.2, 0) is 11.3 Å². The molecule has 0 bridgehead atoms. The first kappa shape index (κ1) is 19.9. The van der Waals surface area contributed by atoms with Crippen LogP contribution < -0.4 is 19.5 Å². The van der Waals surface area contributed by atoms with Crippen molar-refractivity contribution in [1.82, 2.24) is 5.32 Å². The highest BCUT2D eigenvalue weighted by Crippen LogP contribution is 2.28. The van der Waals surface area contributed by atoms with E-state index in [-0.39, 0.29) is 5.91 Å². The molecule has 6 heteroatoms. The molecule has 2 aromatic rings. The van der Waals surface area contributed by atoms with Gasteiger partial charge in [-0.2, -0.15) is 0 Å². The maximum atomic E-state index is 12.3. The number of ether oxygens (including phenoxy) is 3. The SMILES string of the molecule is CCOc1ccc(CNC(=O)[C@H](C)Oc2cccc(Cl)c2)cc1OCC. The van der Waals surface area contributed by atoms with Crippen LogP contribution in [0.25, 0.3) is 0 Å². The van der Waals surface area contributed by atoms with Gasteiger partial charge in [0.1, 0.15) is 5.75 Å². The second-order valence-electron chi connectivity index (χ2n) is 5.58. The lowest BCUT2D eigenvalue weighted by Crippen LogP contribution is -2.35. The summed E-state index contributed by atoms with van der Waals surface area (Å²) in [5, 5.41) is 3.42. The van der Waals surface area contributed by atoms with Crippen LogP contribution in [0.5, 0.6) is 17.2 Å². The number of amides is 1. The van der Waals surface area contributed by atoms with Crippen LogP contribution in [0.1, 0.15) is 26.3 Å². The minimum Gasteiger partial charge on any atom is -0.490 e. The van der Waals surface area contributed by atoms with Crippen LogP contribution in [0.15, 0.2) is 42.5 Å². The van der Waals surface area contributed by atoms with Crippen molar-refractivity contribution in [3.63, 3.8) is 0 Å². The lowest BCUT2D eigenvalue weighted by molar-refractivity contribution is -0.127. The van der Waals surface area contributed by atoms with Gasteiger partial charge in [0.15, 0.2) is 17.6 Å². The van der Waals surface area contributed by atoms with Crippen LogP contribution in [0, 0.1) is 0 Å². The lowest BCUT2D eigenvalue weighted by Gasteiger charge is -2.16. The fourth-order valence-corrected chi connectivity index (χ4v) is 2.52. The first-order valence-electron chi connectivity index (χ1n) is 8.62. The Balaban J connectivity index is 1.94. The van der Waals surface area contributed by atoms with Crippen molar-refractivity contribution >= 4 is 17.5 Å². The highest BCUT2D eigenvalue weighted by molar-refractivity contribution is 6.30. The average molecular weight is 378 g/mol. The molecular formula is C20H24ClNO4. The molecule has 2 rings (SSSR count). The number of rotatable bonds is 9. The highest BCUT2D eigenvalue weighted by atomic mass is 35.5. The van der Waals surface area contributed by atoms with Gasteiger partial charge in [-0.25, -0.2) is 0 Å². The van der Waals surface area contributed by atoms with Crippen molar-refractivity contribution in [3.05, 3.63) is 53.1 Å². The van der Waals surface area contributed by atoms with E-state index >= 15 is 0 Å². The lowest BCUT2D eigenvalue weighted by atomic mass is 10.2. The van der Waals surface area contributed by atoms with Crippen molar-refractivity contribution in [3.8, 4) is 17.2 Å². The summed E-state index contributed by atoms with van der Waals surface area (Å²) in [6.45, 7) is 7.01. The highest BCUT2D eigenvalue weighted by Gasteiger charge is 2.15. The number of nitrogens with one attached hydrogen (secondary N) is 1. The third-order valence-electron chi connectivity index (χ3n) is 3.55. The standard InChI is InChI=1S/C20H24ClNO4/c1-4-24-18-10-9-15(11-19(18)25-5-2)13-22-20(23)14(3)26-17-8-6-7-16(21)12-17/h6-12,14H,4-5,13H2,1-3H3,(H,22,23)/t14-/m0/s1. The van der Waals surface area contributed by atoms with E-state index < -0.39 is 6.10 Å². The molecule has 0 saturated heterocycles. The van der Waals surface area contributed by atoms with Crippen molar-refractivity contribution in [2.75, 3.05) is 13.2 Å². The number of carbonyl (C=O) groups excluding carboxylic acids is 1. The first-order valence-corrected chi connectivity index (χ1v) is 8.99. The molecule has 0 saturated carbocycles. The molecule has 0 heterocycles. The molecule has 140 valence electrons. The predicted molar refractivity (Wildman–Crippen MR) is 102 cm³/mol. The Morgan fingerprint density at radius 2 is 1.81 bits per heavy atom. The van der Waals surface area contributed by atoms with Crippen molar-refractivity contribution in [2.45, 2.75) is 33.4 Å². The summed E-state index contributed by atoms with van der Waals surface area (Å²) in [5.41, 5.74) is 0.917. The van der Waals surface area contributed by atoms with E-state index in [4.69, 9.17) is 25.8 Å². The first-order chi connectivity index (χ1) is 12.5. The molecule has 0 unspecified atom stereocenters. The van der Waals surface area contributed by atoms with E-state index in [9.17, 15) is 4.79 Å². The zero-order chi connectivity index (χ0) is 18.9. The normalized spacial score (nSPS) is 11.5. The van der Waals surface area contributed by atoms with Gasteiger partial charge in [-0.3, -0.25) is 4.79 Å². The molecule has 26 heavy (non-hydrogen) atoms. The Kier molecular flexibility index (Phi) is 7.60. The summed E-state index contributed by atoms with van der Waals surface area (Å²) in [4.78, 5) is 12.3. The van der Waals surface area contributed by atoms with Gasteiger partial charge in [-0.1, -0.05) is 23.7 Å². The molecule has 2 aromatic carbocycles. The quantitative estimate of drug-likeness (QED) is 0.710. The van der Waals surface area contributed by atoms with Gasteiger partial charge >= 0.3 is 0 Å². The number of carbonyl (C=O) groups is 1. The van der Waals surface area contributed by atoms with E-state index in [1.54, 1.807) is 31.2 Å². The Labute approximate surface area is 159 Å². The van der Waals surface area contributed by atoms with E-state index in [0.29, 0.717) is 42.0 Å². The van der Waals surface area contributed by atoms with Gasteiger partial charge < -0.3 is 19.5 Å². The van der Waals surface area contributed by atoms with E-state index in [2.05, 4.69) is 5.32 Å². The van der Waals surface area contributed by atoms with Gasteiger partial charge in [0.05, 0.1) is 13.2 Å². The third kappa shape index (κ3) is 5.85. The number of hydrogen-bond acceptors (Lipinski definition) is 4. The van der Waals surface area contributed by atoms with Crippen LogP contribution in [0.3, 0.4) is 0 Å². The van der Waals surface area contributed by atoms with Crippen molar-refractivity contribution < 1.29 is 19.0 Å². The van der Waals surface area contributed by atoms with Crippen LogP contribution in [-0.4, -0.2) is 25.2 Å². The number of hydrogen-bond donors (Lipinski definition) is 1. The smallest absolute Gasteiger partial charge is 0.261 e. The molecule has 0 fully saturated rings. The molecule has 5 nitrogen and oxygen atoms in total. The summed E-state index contributed by atoms with van der Waals surface area (Å²) in [7, 11) is 0. The van der Waals surface area contributed by atoms with E-state index in [1.807, 2.05) is 32.0 Å². The van der Waals surface area contributed by atoms with Crippen molar-refractivity contribution in [1.29, 1.82) is 0 Å². The topological polar surface area (TPSA) is 56.8 Å². The predicted octanol–water partition coefficient (Wildman–Crippen LogP) is 4.22. The Hall–Kier alpha value is -2.40. The molecule has 0 aromatic heterocycles. The summed E-state index contributed by atoms with van der Waals surface area (Å²) in [6, 6.07) is 12.6. The number of halogens is 1. The molecular weight excluding hydrogens is 354 g/mol. The van der Waals surface area contributed by atoms with Gasteiger partial charge in [-0.15, -0.1) is 0 Å². The molecule has 1 amide bonds. The van der Waals surface area contributed by atoms with E-state index in [0.717, 1.165) is 5.56 Å². The Morgan fingerprint density at radius 3 is 2.50 bits per heavy atom. The average Bonchev–Trinajstić information content (AvgIpc) is 2.62. The zero-order valence-corrected chi connectivity index (χ0v) is 16.0. The van der Waals surface area contributed by atoms with Gasteiger partial charge in [-0.05, 0) is 56.7 Å². The van der Waals surface area contributed by atoms with Gasteiger partial charge in [0.2, 0.25) is 0 Å². The van der Waals surface area contributed by atoms with Crippen LogP contribution in [0.2, 0.25) is 5.02 Å². The minimum atomic E-state index is -0.637. The molecule has 1 N–H and O–H groups in total. The minimum absolute atomic E-state index is 0.211. The van der Waals surface area contributed by atoms with Crippen molar-refractivity contribution in [2.24, 2.45) is 0 Å². The summed E-state index contributed by atoms with van der Waals surface area (Å²) < 4.78 is 16.8. The maximum absolute atomic E-state index is 12.3. The second kappa shape index (κ2) is 9.92. The third-order valence-corrected chi connectivity index (χ3v) is 3.79. The van der Waals surface area contributed by atoms with Crippen LogP contribution in [0.4, 0.5) is 0 Å². The Morgan fingerprint density at radius 1 is 1.08 bits per heavy atom. The molecule has 0 aliphatic rings. The summed E-state index contributed by atoms with van der Waals surface area (Å²) >= 11 is 5.92. The molecule has 0 radical (unpaired) electrons. The van der Waals surface area contributed by atoms with Crippen LogP contribution >= 0.6 is 11.6 Å². The fraction of sp³-hybridized carbons (Fsp3) is 0.350. The Bertz CT molecular complexity index is 736. The summed E-state index contributed by atoms with van der Waals surface area (Å²) in [6.07, 6.45) is -0.637. The molecule has 0 spiro atoms. The maximum Gasteiger partial charge on any atom is 0.261 e. The molecule has 1 atom stereocenters. The van der Waals surface area contributed by atoms with Gasteiger partial charge in [0, 0.05) is 11.6 Å². The number of benzene rings is 2. The second-order valence-corrected chi connectivity index (χ2v) is 6.02. The monoisotopic (exact) mass is 377 g/mol. The zero-order valence-electron chi connectivity index (χ0n) is 15.3. The van der Waals surface area contributed by atoms with Gasteiger partial charge in [0.25, 0.3) is 5.91 Å². The molecule has 0 aliphatic carbocycles. The van der Waals surface area contributed by atoms with E-state index in [1.165, 1.54) is 0 Å².